The number of anilines is 2. The molecule has 200 valence electrons. The van der Waals surface area contributed by atoms with Crippen molar-refractivity contribution in [3.63, 3.8) is 0 Å². The van der Waals surface area contributed by atoms with Gasteiger partial charge in [-0.2, -0.15) is 5.26 Å². The predicted molar refractivity (Wildman–Crippen MR) is 152 cm³/mol. The van der Waals surface area contributed by atoms with Crippen LogP contribution in [0, 0.1) is 24.1 Å². The van der Waals surface area contributed by atoms with E-state index in [2.05, 4.69) is 28.0 Å². The summed E-state index contributed by atoms with van der Waals surface area (Å²) in [6.07, 6.45) is 3.13. The largest absolute Gasteiger partial charge is 0.434 e. The summed E-state index contributed by atoms with van der Waals surface area (Å²) in [4.78, 5) is 16.4. The molecule has 0 aliphatic rings. The van der Waals surface area contributed by atoms with Gasteiger partial charge in [-0.3, -0.25) is 9.48 Å². The molecule has 5 aromatic rings. The van der Waals surface area contributed by atoms with E-state index in [1.807, 2.05) is 30.7 Å². The zero-order valence-corrected chi connectivity index (χ0v) is 22.4. The fourth-order valence-electron chi connectivity index (χ4n) is 4.73. The van der Waals surface area contributed by atoms with Crippen molar-refractivity contribution in [2.45, 2.75) is 13.8 Å². The van der Waals surface area contributed by atoms with Gasteiger partial charge < -0.3 is 20.4 Å². The second-order valence-electron chi connectivity index (χ2n) is 9.51. The number of aromatic nitrogens is 4. The monoisotopic (exact) mass is 535 g/mol. The number of aryl methyl sites for hydroxylation is 3. The molecule has 3 N–H and O–H groups in total. The van der Waals surface area contributed by atoms with Gasteiger partial charge in [-0.05, 0) is 49.2 Å². The van der Waals surface area contributed by atoms with Crippen LogP contribution in [0.5, 0.6) is 11.6 Å². The summed E-state index contributed by atoms with van der Waals surface area (Å²) < 4.78 is 24.5. The summed E-state index contributed by atoms with van der Waals surface area (Å²) >= 11 is 0. The van der Waals surface area contributed by atoms with Crippen molar-refractivity contribution in [1.82, 2.24) is 19.3 Å². The van der Waals surface area contributed by atoms with Crippen molar-refractivity contribution in [3.05, 3.63) is 84.0 Å². The number of benzene rings is 2. The number of pyridine rings is 1. The summed E-state index contributed by atoms with van der Waals surface area (Å²) in [6.45, 7) is 7.22. The molecule has 3 heterocycles. The molecular weight excluding hydrogens is 509 g/mol. The molecule has 1 amide bonds. The Balaban J connectivity index is 1.71. The molecule has 40 heavy (non-hydrogen) atoms. The van der Waals surface area contributed by atoms with Crippen molar-refractivity contribution < 1.29 is 13.9 Å². The van der Waals surface area contributed by atoms with E-state index in [0.29, 0.717) is 44.5 Å². The van der Waals surface area contributed by atoms with E-state index in [0.717, 1.165) is 11.1 Å². The number of hydrogen-bond donors (Lipinski definition) is 2. The number of carbonyl (C=O) groups is 1. The lowest BCUT2D eigenvalue weighted by Crippen LogP contribution is -2.11. The number of nitrogens with one attached hydrogen (secondary N) is 1. The quantitative estimate of drug-likeness (QED) is 0.263. The average Bonchev–Trinajstić information content (AvgIpc) is 3.46. The zero-order valence-electron chi connectivity index (χ0n) is 22.4. The Kier molecular flexibility index (Phi) is 6.57. The Labute approximate surface area is 229 Å². The minimum absolute atomic E-state index is 0.0156. The van der Waals surface area contributed by atoms with Gasteiger partial charge in [-0.1, -0.05) is 18.7 Å². The van der Waals surface area contributed by atoms with Crippen LogP contribution in [0.15, 0.2) is 67.0 Å². The summed E-state index contributed by atoms with van der Waals surface area (Å²) in [5, 5.41) is 17.4. The van der Waals surface area contributed by atoms with Gasteiger partial charge in [0.15, 0.2) is 11.6 Å². The van der Waals surface area contributed by atoms with Crippen LogP contribution in [0.25, 0.3) is 33.3 Å². The molecule has 0 fully saturated rings. The highest BCUT2D eigenvalue weighted by molar-refractivity contribution is 6.11. The van der Waals surface area contributed by atoms with Crippen LogP contribution in [-0.2, 0) is 18.9 Å². The second kappa shape index (κ2) is 10.0. The Bertz CT molecular complexity index is 1880. The number of amides is 1. The van der Waals surface area contributed by atoms with Crippen LogP contribution in [0.3, 0.4) is 0 Å². The molecule has 5 rings (SSSR count). The molecule has 0 atom stereocenters. The fraction of sp³-hybridized carbons (Fsp3) is 0.133. The average molecular weight is 536 g/mol. The molecule has 10 heteroatoms. The molecule has 0 aliphatic carbocycles. The molecule has 0 saturated carbocycles. The van der Waals surface area contributed by atoms with E-state index in [-0.39, 0.29) is 23.4 Å². The highest BCUT2D eigenvalue weighted by Crippen LogP contribution is 2.45. The van der Waals surface area contributed by atoms with Gasteiger partial charge in [0.25, 0.3) is 5.91 Å². The summed E-state index contributed by atoms with van der Waals surface area (Å²) in [7, 11) is 3.57. The molecule has 2 aromatic carbocycles. The van der Waals surface area contributed by atoms with Crippen LogP contribution in [0.1, 0.15) is 18.1 Å². The minimum atomic E-state index is -0.594. The van der Waals surface area contributed by atoms with Gasteiger partial charge in [0.05, 0.1) is 22.2 Å². The molecule has 0 bridgehead atoms. The third-order valence-electron chi connectivity index (χ3n) is 6.61. The lowest BCUT2D eigenvalue weighted by atomic mass is 9.95. The molecule has 9 nitrogen and oxygen atoms in total. The number of rotatable bonds is 6. The third-order valence-corrected chi connectivity index (χ3v) is 6.61. The van der Waals surface area contributed by atoms with Gasteiger partial charge in [0.1, 0.15) is 11.9 Å². The summed E-state index contributed by atoms with van der Waals surface area (Å²) in [6, 6.07) is 13.9. The Morgan fingerprint density at radius 1 is 1.20 bits per heavy atom. The highest BCUT2D eigenvalue weighted by Gasteiger charge is 2.25. The van der Waals surface area contributed by atoms with Crippen LogP contribution in [-0.4, -0.2) is 25.2 Å². The lowest BCUT2D eigenvalue weighted by Gasteiger charge is -2.14. The third kappa shape index (κ3) is 4.54. The number of fused-ring (bicyclic) bond motifs is 1. The van der Waals surface area contributed by atoms with E-state index in [1.165, 1.54) is 18.3 Å². The number of halogens is 1. The predicted octanol–water partition coefficient (Wildman–Crippen LogP) is 5.85. The molecule has 3 aromatic heterocycles. The number of nitrogens with zero attached hydrogens (tertiary/aromatic N) is 5. The van der Waals surface area contributed by atoms with Crippen molar-refractivity contribution >= 4 is 28.3 Å². The van der Waals surface area contributed by atoms with Gasteiger partial charge in [0, 0.05) is 54.9 Å². The van der Waals surface area contributed by atoms with Gasteiger partial charge >= 0.3 is 0 Å². The van der Waals surface area contributed by atoms with Crippen molar-refractivity contribution in [2.24, 2.45) is 14.1 Å². The SMILES string of the molecule is C=C(C)C(=O)Nc1ccc(-c2c(-c3ccc(Oc4ccn(C)n4)c(F)c3)c3c(N)ncc(C#N)c3n2C)c(C)c1. The lowest BCUT2D eigenvalue weighted by molar-refractivity contribution is -0.112. The van der Waals surface area contributed by atoms with Gasteiger partial charge in [-0.15, -0.1) is 5.10 Å². The Morgan fingerprint density at radius 2 is 1.98 bits per heavy atom. The number of carbonyl (C=O) groups excluding carboxylic acids is 1. The first-order chi connectivity index (χ1) is 19.1. The van der Waals surface area contributed by atoms with E-state index < -0.39 is 5.82 Å². The second-order valence-corrected chi connectivity index (χ2v) is 9.51. The number of nitrogen functional groups attached to an aromatic ring is 1. The summed E-state index contributed by atoms with van der Waals surface area (Å²) in [5.74, 6) is -0.381. The maximum Gasteiger partial charge on any atom is 0.250 e. The molecular formula is C30H26FN7O2. The first-order valence-electron chi connectivity index (χ1n) is 12.3. The van der Waals surface area contributed by atoms with Crippen LogP contribution >= 0.6 is 0 Å². The summed E-state index contributed by atoms with van der Waals surface area (Å²) in [5.41, 5.74) is 11.8. The first-order valence-corrected chi connectivity index (χ1v) is 12.3. The number of nitriles is 1. The molecule has 0 spiro atoms. The normalized spacial score (nSPS) is 10.9. The molecule has 0 unspecified atom stereocenters. The molecule has 0 aliphatic heterocycles. The maximum absolute atomic E-state index is 15.4. The standard InChI is InChI=1S/C30H26FN7O2/c1-16(2)30(39)35-20-7-8-21(17(3)12-20)28-25(26-27(38(28)5)19(14-32)15-34-29(26)33)18-6-9-23(22(31)13-18)40-24-10-11-37(4)36-24/h6-13,15H,1H2,2-5H3,(H2,33,34)(H,35,39). The smallest absolute Gasteiger partial charge is 0.250 e. The molecule has 0 radical (unpaired) electrons. The Morgan fingerprint density at radius 3 is 2.60 bits per heavy atom. The van der Waals surface area contributed by atoms with E-state index >= 15 is 4.39 Å². The van der Waals surface area contributed by atoms with E-state index in [4.69, 9.17) is 10.5 Å². The minimum Gasteiger partial charge on any atom is -0.434 e. The highest BCUT2D eigenvalue weighted by atomic mass is 19.1. The van der Waals surface area contributed by atoms with Crippen molar-refractivity contribution in [3.8, 4) is 40.1 Å². The van der Waals surface area contributed by atoms with Crippen LogP contribution in [0.4, 0.5) is 15.9 Å². The fourth-order valence-corrected chi connectivity index (χ4v) is 4.73. The van der Waals surface area contributed by atoms with Gasteiger partial charge in [0.2, 0.25) is 5.88 Å². The zero-order chi connectivity index (χ0) is 28.7. The number of hydrogen-bond acceptors (Lipinski definition) is 6. The first kappa shape index (κ1) is 26.2. The van der Waals surface area contributed by atoms with Gasteiger partial charge in [-0.25, -0.2) is 9.37 Å². The topological polar surface area (TPSA) is 124 Å². The number of ether oxygens (including phenoxy) is 1. The van der Waals surface area contributed by atoms with Crippen LogP contribution in [0.2, 0.25) is 0 Å². The Hall–Kier alpha value is -5.43. The van der Waals surface area contributed by atoms with E-state index in [9.17, 15) is 10.1 Å². The molecule has 0 saturated heterocycles. The van der Waals surface area contributed by atoms with Crippen LogP contribution < -0.4 is 15.8 Å². The van der Waals surface area contributed by atoms with Crippen molar-refractivity contribution in [2.75, 3.05) is 11.1 Å². The number of nitrogens with two attached hydrogens (primary N) is 1. The van der Waals surface area contributed by atoms with Crippen molar-refractivity contribution in [1.29, 1.82) is 5.26 Å². The maximum atomic E-state index is 15.4. The van der Waals surface area contributed by atoms with E-state index in [1.54, 1.807) is 43.0 Å².